The summed E-state index contributed by atoms with van der Waals surface area (Å²) in [5.74, 6) is 3.27. The van der Waals surface area contributed by atoms with E-state index in [1.165, 1.54) is 13.5 Å². The van der Waals surface area contributed by atoms with Crippen molar-refractivity contribution in [1.82, 2.24) is 77.5 Å². The Morgan fingerprint density at radius 2 is 0.669 bits per heavy atom. The third kappa shape index (κ3) is 135. The molecule has 22 N–H and O–H groups in total. The third-order valence-corrected chi connectivity index (χ3v) is 17.4. The number of guanidine groups is 6. The second-order valence-corrected chi connectivity index (χ2v) is 45.0. The maximum Gasteiger partial charge on any atom is 0.298 e. The lowest BCUT2D eigenvalue weighted by atomic mass is 9.91. The molecule has 0 rings (SSSR count). The van der Waals surface area contributed by atoms with E-state index in [9.17, 15) is 47.2 Å². The molecule has 43 nitrogen and oxygen atoms in total. The minimum Gasteiger partial charge on any atom is -0.380 e. The van der Waals surface area contributed by atoms with Gasteiger partial charge in [-0.05, 0) is 164 Å². The van der Waals surface area contributed by atoms with E-state index in [0.29, 0.717) is 87.6 Å². The summed E-state index contributed by atoms with van der Waals surface area (Å²) in [6.07, 6.45) is 27.0. The highest BCUT2D eigenvalue weighted by Crippen LogP contribution is 2.26. The molecular formula is C88H190N32O11S2. The van der Waals surface area contributed by atoms with Gasteiger partial charge < -0.3 is 63.8 Å². The van der Waals surface area contributed by atoms with Crippen molar-refractivity contribution < 1.29 is 36.4 Å². The van der Waals surface area contributed by atoms with Gasteiger partial charge in [-0.2, -0.15) is 32.6 Å². The Labute approximate surface area is 804 Å². The zero-order chi connectivity index (χ0) is 106. The van der Waals surface area contributed by atoms with E-state index in [1.807, 2.05) is 50.2 Å². The Bertz CT molecular complexity index is 3750. The second-order valence-electron chi connectivity index (χ2n) is 42.4. The number of nitriles is 3. The fraction of sp³-hybridized carbons (Fsp3) is 0.830. The predicted octanol–water partition coefficient (Wildman–Crippen LogP) is 11.6. The van der Waals surface area contributed by atoms with E-state index >= 15 is 0 Å². The highest BCUT2D eigenvalue weighted by molar-refractivity contribution is 7.88. The van der Waals surface area contributed by atoms with Crippen LogP contribution in [0, 0.1) is 113 Å². The molecule has 45 heteroatoms. The van der Waals surface area contributed by atoms with E-state index in [-0.39, 0.29) is 34.5 Å². The van der Waals surface area contributed by atoms with Crippen LogP contribution in [-0.4, -0.2) is 212 Å². The first-order valence-corrected chi connectivity index (χ1v) is 48.1. The molecule has 0 unspecified atom stereocenters. The third-order valence-electron chi connectivity index (χ3n) is 16.4. The number of hydroxylamine groups is 1. The normalized spacial score (nSPS) is 12.7. The van der Waals surface area contributed by atoms with Crippen molar-refractivity contribution >= 4 is 56.2 Å². The van der Waals surface area contributed by atoms with Gasteiger partial charge in [0.05, 0.1) is 21.9 Å². The molecule has 0 spiro atoms. The van der Waals surface area contributed by atoms with Gasteiger partial charge in [-0.25, -0.2) is 25.2 Å². The van der Waals surface area contributed by atoms with Crippen LogP contribution in [0.1, 0.15) is 303 Å². The van der Waals surface area contributed by atoms with Crippen LogP contribution in [0.15, 0.2) is 66.0 Å². The van der Waals surface area contributed by atoms with Gasteiger partial charge in [-0.1, -0.05) is 187 Å². The molecule has 0 aromatic rings. The molecule has 0 aromatic carbocycles. The van der Waals surface area contributed by atoms with Crippen LogP contribution in [0.3, 0.4) is 0 Å². The number of hydrogen-bond acceptors (Lipinski definition) is 26. The lowest BCUT2D eigenvalue weighted by molar-refractivity contribution is -0.404. The summed E-state index contributed by atoms with van der Waals surface area (Å²) in [5.41, 5.74) is 21.6. The summed E-state index contributed by atoms with van der Waals surface area (Å²) < 4.78 is 46.5. The standard InChI is InChI=1S/C11H22N4.C11H23N3O2.C11H25N3O.C10H20N4.C10H21N3O2.C9H22N4O2S.C9H18N4.C9H19N3O2.C8H20N4O2S/c1-11(2,3)7-6-8-13-10(14-9-12)15(4)5;1-11(2,3)7-6-8-12-10(13(4)5)9-14(15)16;1-11(2,3)8-7-9-12-10(13-15-6)14(4)5;1-10(2,3)6-5-7-13-9(12-4)14-8-11;1-10(2,3)6-5-7-12-9(11-4)8-13(14)15;1-9(2,3)6-5-7-12-8(11-4)13-16(10,14)15;1-9(2,3)5-4-6-12-8(11)13-7-10;1-9(2,3)5-4-6-11-8(10)7-12(13)14;1-8(2,3)5-4-6-11-7(9)12-15(10,13)14/h6-8H2,1-5H3,(H,13,14);9,12H,6-8H2,1-5H3;7-9H2,1-6H3,(H,12,13);5-7H2,1-4H3,(H2,12,13,14);8,11-12H,5-7H2,1-4H3;5-7H2,1-4H3,(H2,10,14,15)(H2,11,12,13);4-6H2,1-3H3,(H3,11,12,13);7,11H,4-6,10H2,1-3H3;4-6H2,1-3H3,(H3,9,11,12)(H2,10,13,14)/b;10-9-;;;9-8+;;;8-7+;. The zero-order valence-corrected chi connectivity index (χ0v) is 90.9. The number of rotatable bonds is 38. The first-order valence-electron chi connectivity index (χ1n) is 45.0. The number of nitrogens with zero attached hydrogens (tertiary/aromatic N) is 15. The number of hydrogen-bond donors (Lipinski definition) is 17. The predicted molar refractivity (Wildman–Crippen MR) is 551 cm³/mol. The first kappa shape index (κ1) is 141. The molecule has 0 amide bonds. The van der Waals surface area contributed by atoms with Gasteiger partial charge in [0.15, 0.2) is 36.0 Å². The molecule has 0 radical (unpaired) electrons. The average Bonchev–Trinajstić information content (AvgIpc) is 0.938. The number of aliphatic imine (C=N–C) groups is 6. The SMILES string of the molecule is CC(C)(C)CCCN/C(N)=C/[N+](=O)[O-].CC(C)(C)CCCN=C(N)NC#N.CC(C)(C)CCCN=C(N)NS(N)(=O)=O.CN(C)/C(=C\[N+](=O)[O-])NCCCC(C)(C)C.CN(C)C(=NCCCC(C)(C)C)NC#N.CN/C(=C\[N+](=O)[O-])NCCCC(C)(C)C.CN=C(NC#N)NCCCC(C)(C)C.CN=C(NCCCC(C)(C)C)NS(N)(=O)=O.CONC(=NCCCC(C)(C)C)N(C)C. The maximum atomic E-state index is 10.7. The number of nitrogens with one attached hydrogen (secondary N) is 12. The smallest absolute Gasteiger partial charge is 0.298 e. The molecule has 0 aliphatic carbocycles. The Balaban J connectivity index is -0.000000186. The van der Waals surface area contributed by atoms with E-state index in [2.05, 4.69) is 275 Å². The zero-order valence-electron chi connectivity index (χ0n) is 89.2. The lowest BCUT2D eigenvalue weighted by Crippen LogP contribution is -2.44. The molecule has 780 valence electrons. The Morgan fingerprint density at radius 1 is 0.383 bits per heavy atom. The fourth-order valence-corrected chi connectivity index (χ4v) is 10.6. The number of nitro groups is 3. The van der Waals surface area contributed by atoms with Crippen LogP contribution in [-0.2, 0) is 25.3 Å². The molecule has 0 aromatic heterocycles. The quantitative estimate of drug-likeness (QED) is 0.00519. The second kappa shape index (κ2) is 76.4. The van der Waals surface area contributed by atoms with Crippen molar-refractivity contribution in [3.63, 3.8) is 0 Å². The Morgan fingerprint density at radius 3 is 0.947 bits per heavy atom. The van der Waals surface area contributed by atoms with Crippen LogP contribution < -0.4 is 90.3 Å². The largest absolute Gasteiger partial charge is 0.380 e. The van der Waals surface area contributed by atoms with E-state index < -0.39 is 35.2 Å². The van der Waals surface area contributed by atoms with Gasteiger partial charge >= 0.3 is 0 Å². The molecular weight excluding hydrogens is 1750 g/mol. The van der Waals surface area contributed by atoms with Crippen molar-refractivity contribution in [3.8, 4) is 18.6 Å². The molecule has 0 saturated carbocycles. The van der Waals surface area contributed by atoms with E-state index in [1.54, 1.807) is 51.3 Å². The van der Waals surface area contributed by atoms with Gasteiger partial charge in [0.25, 0.3) is 39.0 Å². The number of nitrogens with two attached hydrogens (primary N) is 5. The van der Waals surface area contributed by atoms with Crippen molar-refractivity contribution in [2.45, 2.75) is 303 Å². The van der Waals surface area contributed by atoms with Crippen LogP contribution in [0.5, 0.6) is 0 Å². The highest BCUT2D eigenvalue weighted by atomic mass is 32.2. The van der Waals surface area contributed by atoms with Crippen molar-refractivity contribution in [2.75, 3.05) is 129 Å². The average molecular weight is 1940 g/mol. The summed E-state index contributed by atoms with van der Waals surface area (Å²) in [7, 11) is 10.0. The van der Waals surface area contributed by atoms with Crippen LogP contribution >= 0.6 is 0 Å². The Kier molecular flexibility index (Phi) is 81.0. The summed E-state index contributed by atoms with van der Waals surface area (Å²) >= 11 is 0. The van der Waals surface area contributed by atoms with Crippen molar-refractivity contribution in [3.05, 3.63) is 66.4 Å². The molecule has 0 bridgehead atoms. The van der Waals surface area contributed by atoms with Gasteiger partial charge in [0, 0.05) is 122 Å². The molecule has 0 fully saturated rings. The lowest BCUT2D eigenvalue weighted by Gasteiger charge is -2.20. The van der Waals surface area contributed by atoms with Crippen LogP contribution in [0.2, 0.25) is 0 Å². The molecule has 0 atom stereocenters. The van der Waals surface area contributed by atoms with E-state index in [0.717, 1.165) is 166 Å². The maximum absolute atomic E-state index is 10.7. The topological polar surface area (TPSA) is 637 Å². The summed E-state index contributed by atoms with van der Waals surface area (Å²) in [5, 5.41) is 90.0. The van der Waals surface area contributed by atoms with Gasteiger partial charge in [-0.15, -0.1) is 0 Å². The van der Waals surface area contributed by atoms with Gasteiger partial charge in [0.1, 0.15) is 0 Å². The molecule has 0 aliphatic rings. The summed E-state index contributed by atoms with van der Waals surface area (Å²) in [4.78, 5) is 63.6. The van der Waals surface area contributed by atoms with Crippen LogP contribution in [0.4, 0.5) is 0 Å². The monoisotopic (exact) mass is 1940 g/mol. The van der Waals surface area contributed by atoms with Crippen LogP contribution in [0.25, 0.3) is 0 Å². The highest BCUT2D eigenvalue weighted by Gasteiger charge is 2.18. The minimum atomic E-state index is -3.79. The van der Waals surface area contributed by atoms with Gasteiger partial charge in [-0.3, -0.25) is 81.1 Å². The van der Waals surface area contributed by atoms with Crippen molar-refractivity contribution in [1.29, 1.82) is 15.8 Å². The Hall–Kier alpha value is -9.91. The molecule has 133 heavy (non-hydrogen) atoms. The summed E-state index contributed by atoms with van der Waals surface area (Å²) in [6, 6.07) is 0. The first-order chi connectivity index (χ1) is 60.3. The van der Waals surface area contributed by atoms with Gasteiger partial charge in [0.2, 0.25) is 35.8 Å². The minimum absolute atomic E-state index is 0.115. The molecule has 0 aliphatic heterocycles. The van der Waals surface area contributed by atoms with E-state index in [4.69, 9.17) is 48.1 Å². The molecule has 0 saturated heterocycles. The fourth-order valence-electron chi connectivity index (χ4n) is 9.77. The summed E-state index contributed by atoms with van der Waals surface area (Å²) in [6.45, 7) is 65.5. The van der Waals surface area contributed by atoms with Crippen molar-refractivity contribution in [2.24, 2.45) is 106 Å². The molecule has 0 heterocycles.